The molecule has 0 aromatic rings. The van der Waals surface area contributed by atoms with Crippen molar-refractivity contribution in [2.75, 3.05) is 6.54 Å². The van der Waals surface area contributed by atoms with E-state index in [1.54, 1.807) is 0 Å². The summed E-state index contributed by atoms with van der Waals surface area (Å²) in [7, 11) is 0. The summed E-state index contributed by atoms with van der Waals surface area (Å²) >= 11 is 0. The molecule has 0 aromatic heterocycles. The van der Waals surface area contributed by atoms with Crippen molar-refractivity contribution in [3.05, 3.63) is 0 Å². The van der Waals surface area contributed by atoms with Crippen LogP contribution in [0, 0.1) is 0 Å². The third-order valence-electron chi connectivity index (χ3n) is 1.60. The molecule has 0 aliphatic heterocycles. The molecule has 0 saturated heterocycles. The minimum Gasteiger partial charge on any atom is -0.312 e. The maximum absolute atomic E-state index is 3.40. The van der Waals surface area contributed by atoms with E-state index in [-0.39, 0.29) is 0 Å². The molecule has 7 heavy (non-hydrogen) atoms. The van der Waals surface area contributed by atoms with Gasteiger partial charge in [0, 0.05) is 5.54 Å². The van der Waals surface area contributed by atoms with Crippen LogP contribution in [-0.2, 0) is 0 Å². The van der Waals surface area contributed by atoms with Crippen molar-refractivity contribution in [2.24, 2.45) is 0 Å². The molecule has 42 valence electrons. The van der Waals surface area contributed by atoms with Crippen LogP contribution in [0.1, 0.15) is 26.7 Å². The molecule has 0 unspecified atom stereocenters. The summed E-state index contributed by atoms with van der Waals surface area (Å²) in [6.45, 7) is 5.55. The summed E-state index contributed by atoms with van der Waals surface area (Å²) in [5, 5.41) is 3.40. The van der Waals surface area contributed by atoms with Crippen molar-refractivity contribution >= 4 is 0 Å². The lowest BCUT2D eigenvalue weighted by Crippen LogP contribution is -2.26. The highest BCUT2D eigenvalue weighted by atomic mass is 15.0. The predicted octanol–water partition coefficient (Wildman–Crippen LogP) is 1.15. The summed E-state index contributed by atoms with van der Waals surface area (Å²) in [4.78, 5) is 0. The normalized spacial score (nSPS) is 24.9. The molecular formula is C6H13N. The van der Waals surface area contributed by atoms with Crippen molar-refractivity contribution < 1.29 is 0 Å². The minimum absolute atomic E-state index is 0.550. The van der Waals surface area contributed by atoms with Gasteiger partial charge >= 0.3 is 0 Å². The molecule has 0 bridgehead atoms. The topological polar surface area (TPSA) is 12.0 Å². The Kier molecular flexibility index (Phi) is 1.08. The van der Waals surface area contributed by atoms with Gasteiger partial charge in [0.2, 0.25) is 0 Å². The molecule has 1 nitrogen and oxygen atoms in total. The third-order valence-corrected chi connectivity index (χ3v) is 1.60. The van der Waals surface area contributed by atoms with Gasteiger partial charge in [0.15, 0.2) is 0 Å². The van der Waals surface area contributed by atoms with E-state index in [2.05, 4.69) is 19.2 Å². The zero-order valence-corrected chi connectivity index (χ0v) is 5.12. The summed E-state index contributed by atoms with van der Waals surface area (Å²) in [5.74, 6) is 0. The first-order chi connectivity index (χ1) is 3.27. The van der Waals surface area contributed by atoms with Crippen LogP contribution in [0.4, 0.5) is 0 Å². The van der Waals surface area contributed by atoms with Crippen LogP contribution in [0.15, 0.2) is 0 Å². The van der Waals surface area contributed by atoms with Crippen molar-refractivity contribution in [1.82, 2.24) is 5.32 Å². The summed E-state index contributed by atoms with van der Waals surface area (Å²) < 4.78 is 0. The Labute approximate surface area is 45.1 Å². The zero-order chi connectivity index (χ0) is 5.33. The molecule has 0 aromatic carbocycles. The molecule has 1 rings (SSSR count). The maximum atomic E-state index is 3.40. The van der Waals surface area contributed by atoms with Crippen LogP contribution in [-0.4, -0.2) is 12.1 Å². The Hall–Kier alpha value is -0.0400. The number of hydrogen-bond donors (Lipinski definition) is 1. The second-order valence-electron chi connectivity index (χ2n) is 2.59. The molecule has 0 atom stereocenters. The molecule has 0 heterocycles. The van der Waals surface area contributed by atoms with E-state index in [9.17, 15) is 0 Å². The van der Waals surface area contributed by atoms with E-state index in [4.69, 9.17) is 0 Å². The second kappa shape index (κ2) is 1.48. The first-order valence-electron chi connectivity index (χ1n) is 3.02. The van der Waals surface area contributed by atoms with Crippen molar-refractivity contribution in [2.45, 2.75) is 32.2 Å². The first-order valence-corrected chi connectivity index (χ1v) is 3.02. The van der Waals surface area contributed by atoms with Gasteiger partial charge in [-0.05, 0) is 26.3 Å². The van der Waals surface area contributed by atoms with Gasteiger partial charge < -0.3 is 5.32 Å². The monoisotopic (exact) mass is 99.1 g/mol. The fourth-order valence-electron chi connectivity index (χ4n) is 0.791. The zero-order valence-electron chi connectivity index (χ0n) is 5.12. The first kappa shape index (κ1) is 5.10. The average Bonchev–Trinajstić information content (AvgIpc) is 2.22. The minimum atomic E-state index is 0.550. The van der Waals surface area contributed by atoms with Crippen molar-refractivity contribution in [3.63, 3.8) is 0 Å². The highest BCUT2D eigenvalue weighted by Gasteiger charge is 2.35. The molecule has 1 fully saturated rings. The van der Waals surface area contributed by atoms with Crippen LogP contribution in [0.25, 0.3) is 0 Å². The average molecular weight is 99.2 g/mol. The largest absolute Gasteiger partial charge is 0.312 e. The third kappa shape index (κ3) is 1.16. The quantitative estimate of drug-likeness (QED) is 0.547. The van der Waals surface area contributed by atoms with Crippen LogP contribution in [0.3, 0.4) is 0 Å². The lowest BCUT2D eigenvalue weighted by atomic mass is 10.3. The molecule has 1 aliphatic carbocycles. The van der Waals surface area contributed by atoms with E-state index in [1.165, 1.54) is 12.8 Å². The van der Waals surface area contributed by atoms with Gasteiger partial charge in [0.05, 0.1) is 0 Å². The van der Waals surface area contributed by atoms with E-state index in [1.807, 2.05) is 0 Å². The Morgan fingerprint density at radius 3 is 2.29 bits per heavy atom. The second-order valence-corrected chi connectivity index (χ2v) is 2.59. The van der Waals surface area contributed by atoms with Crippen molar-refractivity contribution in [3.8, 4) is 0 Å². The number of hydrogen-bond acceptors (Lipinski definition) is 1. The van der Waals surface area contributed by atoms with Gasteiger partial charge in [-0.25, -0.2) is 0 Å². The smallest absolute Gasteiger partial charge is 0.0154 e. The lowest BCUT2D eigenvalue weighted by molar-refractivity contribution is 0.559. The Balaban J connectivity index is 2.13. The summed E-state index contributed by atoms with van der Waals surface area (Å²) in [5.41, 5.74) is 0.550. The SMILES string of the molecule is CCNC1(C)CC1. The van der Waals surface area contributed by atoms with E-state index >= 15 is 0 Å². The van der Waals surface area contributed by atoms with Gasteiger partial charge in [-0.1, -0.05) is 6.92 Å². The van der Waals surface area contributed by atoms with Crippen molar-refractivity contribution in [1.29, 1.82) is 0 Å². The van der Waals surface area contributed by atoms with Crippen LogP contribution in [0.2, 0.25) is 0 Å². The number of nitrogens with one attached hydrogen (secondary N) is 1. The lowest BCUT2D eigenvalue weighted by Gasteiger charge is -2.05. The van der Waals surface area contributed by atoms with Gasteiger partial charge in [-0.3, -0.25) is 0 Å². The van der Waals surface area contributed by atoms with Crippen LogP contribution in [0.5, 0.6) is 0 Å². The molecule has 1 saturated carbocycles. The summed E-state index contributed by atoms with van der Waals surface area (Å²) in [6, 6.07) is 0. The predicted molar refractivity (Wildman–Crippen MR) is 31.3 cm³/mol. The van der Waals surface area contributed by atoms with Gasteiger partial charge in [-0.2, -0.15) is 0 Å². The molecule has 1 N–H and O–H groups in total. The van der Waals surface area contributed by atoms with Gasteiger partial charge in [0.1, 0.15) is 0 Å². The standard InChI is InChI=1S/C6H13N/c1-3-7-6(2)4-5-6/h7H,3-5H2,1-2H3. The maximum Gasteiger partial charge on any atom is 0.0154 e. The van der Waals surface area contributed by atoms with Crippen LogP contribution >= 0.6 is 0 Å². The van der Waals surface area contributed by atoms with E-state index in [0.29, 0.717) is 5.54 Å². The van der Waals surface area contributed by atoms with Crippen LogP contribution < -0.4 is 5.32 Å². The fourth-order valence-corrected chi connectivity index (χ4v) is 0.791. The van der Waals surface area contributed by atoms with E-state index in [0.717, 1.165) is 6.54 Å². The highest BCUT2D eigenvalue weighted by molar-refractivity contribution is 4.96. The molecule has 1 aliphatic rings. The molecule has 0 amide bonds. The Bertz CT molecular complexity index is 64.6. The molecule has 0 spiro atoms. The fraction of sp³-hybridized carbons (Fsp3) is 1.00. The molecule has 0 radical (unpaired) electrons. The number of rotatable bonds is 2. The summed E-state index contributed by atoms with van der Waals surface area (Å²) in [6.07, 6.45) is 2.75. The van der Waals surface area contributed by atoms with Gasteiger partial charge in [-0.15, -0.1) is 0 Å². The van der Waals surface area contributed by atoms with E-state index < -0.39 is 0 Å². The molecular weight excluding hydrogens is 86.1 g/mol. The highest BCUT2D eigenvalue weighted by Crippen LogP contribution is 2.33. The Morgan fingerprint density at radius 1 is 1.57 bits per heavy atom. The van der Waals surface area contributed by atoms with Gasteiger partial charge in [0.25, 0.3) is 0 Å². The molecule has 1 heteroatoms. The Morgan fingerprint density at radius 2 is 2.14 bits per heavy atom.